The Morgan fingerprint density at radius 1 is 1.04 bits per heavy atom. The zero-order valence-electron chi connectivity index (χ0n) is 15.2. The van der Waals surface area contributed by atoms with Crippen LogP contribution in [0.15, 0.2) is 53.4 Å². The van der Waals surface area contributed by atoms with E-state index in [0.717, 1.165) is 30.4 Å². The molecule has 6 nitrogen and oxygen atoms in total. The van der Waals surface area contributed by atoms with Gasteiger partial charge in [0, 0.05) is 11.6 Å². The molecule has 0 spiro atoms. The van der Waals surface area contributed by atoms with Crippen molar-refractivity contribution in [2.75, 3.05) is 10.0 Å². The van der Waals surface area contributed by atoms with E-state index in [1.807, 2.05) is 6.07 Å². The Balaban J connectivity index is 1.51. The number of carbonyl (C=O) groups excluding carboxylic acids is 1. The fourth-order valence-electron chi connectivity index (χ4n) is 3.43. The van der Waals surface area contributed by atoms with Gasteiger partial charge in [0.05, 0.1) is 15.1 Å². The summed E-state index contributed by atoms with van der Waals surface area (Å²) in [6, 6.07) is 13.6. The second-order valence-corrected chi connectivity index (χ2v) is 9.66. The Morgan fingerprint density at radius 2 is 1.79 bits per heavy atom. The smallest absolute Gasteiger partial charge is 0.263 e. The molecule has 1 aliphatic carbocycles. The highest BCUT2D eigenvalue weighted by molar-refractivity contribution is 7.93. The van der Waals surface area contributed by atoms with Crippen LogP contribution in [0.1, 0.15) is 32.1 Å². The number of carbonyl (C=O) groups is 1. The molecule has 146 valence electrons. The summed E-state index contributed by atoms with van der Waals surface area (Å²) < 4.78 is 28.3. The van der Waals surface area contributed by atoms with E-state index >= 15 is 0 Å². The zero-order chi connectivity index (χ0) is 19.6. The maximum absolute atomic E-state index is 12.5. The van der Waals surface area contributed by atoms with Gasteiger partial charge in [0.2, 0.25) is 5.91 Å². The van der Waals surface area contributed by atoms with Gasteiger partial charge < -0.3 is 5.32 Å². The van der Waals surface area contributed by atoms with Gasteiger partial charge in [0.15, 0.2) is 5.13 Å². The molecule has 4 rings (SSSR count). The summed E-state index contributed by atoms with van der Waals surface area (Å²) >= 11 is 1.24. The fourth-order valence-corrected chi connectivity index (χ4v) is 5.59. The first-order valence-corrected chi connectivity index (χ1v) is 11.6. The number of nitrogens with one attached hydrogen (secondary N) is 2. The van der Waals surface area contributed by atoms with Gasteiger partial charge in [-0.3, -0.25) is 9.52 Å². The zero-order valence-corrected chi connectivity index (χ0v) is 16.9. The Kier molecular flexibility index (Phi) is 5.32. The predicted octanol–water partition coefficient (Wildman–Crippen LogP) is 4.62. The summed E-state index contributed by atoms with van der Waals surface area (Å²) in [5.41, 5.74) is 1.40. The van der Waals surface area contributed by atoms with Gasteiger partial charge in [-0.2, -0.15) is 0 Å². The Morgan fingerprint density at radius 3 is 2.54 bits per heavy atom. The average molecular weight is 416 g/mol. The van der Waals surface area contributed by atoms with Gasteiger partial charge in [-0.05, 0) is 43.2 Å². The average Bonchev–Trinajstić information content (AvgIpc) is 3.10. The largest absolute Gasteiger partial charge is 0.326 e. The van der Waals surface area contributed by atoms with E-state index < -0.39 is 10.0 Å². The van der Waals surface area contributed by atoms with Gasteiger partial charge in [0.1, 0.15) is 0 Å². The van der Waals surface area contributed by atoms with Crippen LogP contribution in [0.5, 0.6) is 0 Å². The molecule has 0 aliphatic heterocycles. The molecule has 1 saturated carbocycles. The fraction of sp³-hybridized carbons (Fsp3) is 0.300. The molecule has 1 aromatic heterocycles. The molecule has 28 heavy (non-hydrogen) atoms. The van der Waals surface area contributed by atoms with E-state index in [9.17, 15) is 13.2 Å². The summed E-state index contributed by atoms with van der Waals surface area (Å²) in [6.45, 7) is 0. The van der Waals surface area contributed by atoms with Gasteiger partial charge >= 0.3 is 0 Å². The van der Waals surface area contributed by atoms with Crippen molar-refractivity contribution >= 4 is 48.3 Å². The third-order valence-corrected chi connectivity index (χ3v) is 7.32. The SMILES string of the molecule is O=C(Nc1ccc2nc(NS(=O)(=O)c3ccccc3)sc2c1)C1CCCCC1. The molecule has 1 amide bonds. The molecular weight excluding hydrogens is 394 g/mol. The van der Waals surface area contributed by atoms with Crippen LogP contribution in [0.2, 0.25) is 0 Å². The first kappa shape index (κ1) is 18.9. The van der Waals surface area contributed by atoms with Crippen molar-refractivity contribution in [2.24, 2.45) is 5.92 Å². The van der Waals surface area contributed by atoms with Gasteiger partial charge in [-0.15, -0.1) is 0 Å². The van der Waals surface area contributed by atoms with Crippen molar-refractivity contribution in [3.8, 4) is 0 Å². The Hall–Kier alpha value is -2.45. The minimum atomic E-state index is -3.68. The first-order valence-electron chi connectivity index (χ1n) is 9.31. The second kappa shape index (κ2) is 7.89. The number of sulfonamides is 1. The second-order valence-electron chi connectivity index (χ2n) is 6.94. The highest BCUT2D eigenvalue weighted by Crippen LogP contribution is 2.31. The topological polar surface area (TPSA) is 88.2 Å². The van der Waals surface area contributed by atoms with E-state index in [4.69, 9.17) is 0 Å². The van der Waals surface area contributed by atoms with Crippen LogP contribution in [-0.2, 0) is 14.8 Å². The maximum atomic E-state index is 12.5. The van der Waals surface area contributed by atoms with Crippen molar-refractivity contribution in [1.29, 1.82) is 0 Å². The highest BCUT2D eigenvalue weighted by atomic mass is 32.2. The quantitative estimate of drug-likeness (QED) is 0.637. The molecule has 3 aromatic rings. The van der Waals surface area contributed by atoms with Crippen molar-refractivity contribution < 1.29 is 13.2 Å². The Labute approximate surface area is 168 Å². The van der Waals surface area contributed by atoms with Crippen LogP contribution < -0.4 is 10.0 Å². The van der Waals surface area contributed by atoms with Crippen molar-refractivity contribution in [3.05, 3.63) is 48.5 Å². The molecule has 1 heterocycles. The van der Waals surface area contributed by atoms with Crippen LogP contribution >= 0.6 is 11.3 Å². The molecule has 1 aliphatic rings. The van der Waals surface area contributed by atoms with Crippen molar-refractivity contribution in [1.82, 2.24) is 4.98 Å². The molecule has 0 atom stereocenters. The van der Waals surface area contributed by atoms with Crippen LogP contribution in [0, 0.1) is 5.92 Å². The molecule has 0 bridgehead atoms. The maximum Gasteiger partial charge on any atom is 0.263 e. The van der Waals surface area contributed by atoms with E-state index in [1.54, 1.807) is 30.3 Å². The number of anilines is 2. The number of fused-ring (bicyclic) bond motifs is 1. The summed E-state index contributed by atoms with van der Waals surface area (Å²) in [6.07, 6.45) is 5.31. The van der Waals surface area contributed by atoms with E-state index in [-0.39, 0.29) is 16.7 Å². The van der Waals surface area contributed by atoms with Crippen LogP contribution in [0.4, 0.5) is 10.8 Å². The van der Waals surface area contributed by atoms with Crippen LogP contribution in [0.25, 0.3) is 10.2 Å². The molecule has 0 unspecified atom stereocenters. The first-order chi connectivity index (χ1) is 13.5. The minimum Gasteiger partial charge on any atom is -0.326 e. The molecule has 8 heteroatoms. The number of benzene rings is 2. The van der Waals surface area contributed by atoms with Gasteiger partial charge in [0.25, 0.3) is 10.0 Å². The summed E-state index contributed by atoms with van der Waals surface area (Å²) in [4.78, 5) is 17.0. The summed E-state index contributed by atoms with van der Waals surface area (Å²) in [7, 11) is -3.68. The number of thiazole rings is 1. The minimum absolute atomic E-state index is 0.0635. The lowest BCUT2D eigenvalue weighted by atomic mass is 9.88. The molecule has 1 fully saturated rings. The predicted molar refractivity (Wildman–Crippen MR) is 112 cm³/mol. The normalized spacial score (nSPS) is 15.4. The van der Waals surface area contributed by atoms with Crippen LogP contribution in [0.3, 0.4) is 0 Å². The summed E-state index contributed by atoms with van der Waals surface area (Å²) in [5, 5.41) is 3.29. The summed E-state index contributed by atoms with van der Waals surface area (Å²) in [5.74, 6) is 0.146. The molecular formula is C20H21N3O3S2. The third kappa shape index (κ3) is 4.18. The van der Waals surface area contributed by atoms with Gasteiger partial charge in [-0.1, -0.05) is 48.8 Å². The number of amides is 1. The highest BCUT2D eigenvalue weighted by Gasteiger charge is 2.21. The van der Waals surface area contributed by atoms with Crippen molar-refractivity contribution in [2.45, 2.75) is 37.0 Å². The lowest BCUT2D eigenvalue weighted by molar-refractivity contribution is -0.120. The molecule has 2 N–H and O–H groups in total. The molecule has 0 saturated heterocycles. The van der Waals surface area contributed by atoms with E-state index in [1.165, 1.54) is 29.9 Å². The lowest BCUT2D eigenvalue weighted by Gasteiger charge is -2.20. The van der Waals surface area contributed by atoms with E-state index in [0.29, 0.717) is 16.3 Å². The standard InChI is InChI=1S/C20H21N3O3S2/c24-19(14-7-3-1-4-8-14)21-15-11-12-17-18(13-15)27-20(22-17)23-28(25,26)16-9-5-2-6-10-16/h2,5-6,9-14H,1,3-4,7-8H2,(H,21,24)(H,22,23). The van der Waals surface area contributed by atoms with E-state index in [2.05, 4.69) is 15.0 Å². The van der Waals surface area contributed by atoms with Crippen molar-refractivity contribution in [3.63, 3.8) is 0 Å². The number of aromatic nitrogens is 1. The number of rotatable bonds is 5. The lowest BCUT2D eigenvalue weighted by Crippen LogP contribution is -2.24. The number of hydrogen-bond donors (Lipinski definition) is 2. The third-order valence-electron chi connectivity index (χ3n) is 4.91. The number of nitrogens with zero attached hydrogens (tertiary/aromatic N) is 1. The monoisotopic (exact) mass is 415 g/mol. The van der Waals surface area contributed by atoms with Gasteiger partial charge in [-0.25, -0.2) is 13.4 Å². The Bertz CT molecular complexity index is 1090. The van der Waals surface area contributed by atoms with Crippen LogP contribution in [-0.4, -0.2) is 19.3 Å². The number of hydrogen-bond acceptors (Lipinski definition) is 5. The molecule has 0 radical (unpaired) electrons. The molecule has 2 aromatic carbocycles.